The standard InChI is InChI=1S/C14H27NO/c1-4-5-13-8-10-15(11-9-13)14(16)7-6-12(2)3/h12-13H,4-11H2,1-3H3. The Morgan fingerprint density at radius 3 is 2.44 bits per heavy atom. The number of rotatable bonds is 5. The van der Waals surface area contributed by atoms with Gasteiger partial charge < -0.3 is 4.90 Å². The lowest BCUT2D eigenvalue weighted by Gasteiger charge is -2.32. The second kappa shape index (κ2) is 6.93. The number of piperidine rings is 1. The van der Waals surface area contributed by atoms with Crippen LogP contribution >= 0.6 is 0 Å². The lowest BCUT2D eigenvalue weighted by molar-refractivity contribution is -0.132. The molecule has 1 aliphatic heterocycles. The Morgan fingerprint density at radius 1 is 1.31 bits per heavy atom. The largest absolute Gasteiger partial charge is 0.343 e. The molecule has 0 aromatic carbocycles. The summed E-state index contributed by atoms with van der Waals surface area (Å²) in [5, 5.41) is 0. The minimum Gasteiger partial charge on any atom is -0.343 e. The molecule has 0 saturated carbocycles. The lowest BCUT2D eigenvalue weighted by Crippen LogP contribution is -2.38. The molecule has 1 amide bonds. The molecule has 1 aliphatic rings. The van der Waals surface area contributed by atoms with Crippen LogP contribution in [0.4, 0.5) is 0 Å². The number of amides is 1. The van der Waals surface area contributed by atoms with Crippen molar-refractivity contribution in [1.82, 2.24) is 4.90 Å². The van der Waals surface area contributed by atoms with Crippen molar-refractivity contribution in [3.8, 4) is 0 Å². The third kappa shape index (κ3) is 4.54. The molecule has 0 N–H and O–H groups in total. The van der Waals surface area contributed by atoms with E-state index in [-0.39, 0.29) is 0 Å². The second-order valence-corrected chi connectivity index (χ2v) is 5.55. The summed E-state index contributed by atoms with van der Waals surface area (Å²) in [7, 11) is 0. The summed E-state index contributed by atoms with van der Waals surface area (Å²) in [5.41, 5.74) is 0. The van der Waals surface area contributed by atoms with Crippen molar-refractivity contribution in [2.24, 2.45) is 11.8 Å². The van der Waals surface area contributed by atoms with Gasteiger partial charge in [0.15, 0.2) is 0 Å². The Morgan fingerprint density at radius 2 is 1.94 bits per heavy atom. The van der Waals surface area contributed by atoms with Crippen molar-refractivity contribution in [3.63, 3.8) is 0 Å². The maximum atomic E-state index is 11.9. The number of carbonyl (C=O) groups is 1. The zero-order chi connectivity index (χ0) is 12.0. The van der Waals surface area contributed by atoms with E-state index in [4.69, 9.17) is 0 Å². The quantitative estimate of drug-likeness (QED) is 0.701. The van der Waals surface area contributed by atoms with Gasteiger partial charge in [-0.15, -0.1) is 0 Å². The molecule has 1 rings (SSSR count). The minimum atomic E-state index is 0.378. The molecule has 0 aliphatic carbocycles. The highest BCUT2D eigenvalue weighted by Crippen LogP contribution is 2.22. The minimum absolute atomic E-state index is 0.378. The molecule has 94 valence electrons. The molecule has 0 aromatic rings. The predicted octanol–water partition coefficient (Wildman–Crippen LogP) is 3.46. The molecule has 0 spiro atoms. The van der Waals surface area contributed by atoms with Gasteiger partial charge >= 0.3 is 0 Å². The third-order valence-corrected chi connectivity index (χ3v) is 3.60. The van der Waals surface area contributed by atoms with Crippen LogP contribution in [-0.4, -0.2) is 23.9 Å². The number of carbonyl (C=O) groups excluding carboxylic acids is 1. The third-order valence-electron chi connectivity index (χ3n) is 3.60. The number of hydrogen-bond acceptors (Lipinski definition) is 1. The fourth-order valence-corrected chi connectivity index (χ4v) is 2.45. The fraction of sp³-hybridized carbons (Fsp3) is 0.929. The van der Waals surface area contributed by atoms with Gasteiger partial charge in [-0.2, -0.15) is 0 Å². The first kappa shape index (κ1) is 13.5. The maximum Gasteiger partial charge on any atom is 0.222 e. The SMILES string of the molecule is CCCC1CCN(C(=O)CCC(C)C)CC1. The average Bonchev–Trinajstić information content (AvgIpc) is 2.27. The lowest BCUT2D eigenvalue weighted by atomic mass is 9.92. The zero-order valence-electron chi connectivity index (χ0n) is 11.2. The van der Waals surface area contributed by atoms with Crippen molar-refractivity contribution in [2.45, 2.75) is 59.3 Å². The van der Waals surface area contributed by atoms with Gasteiger partial charge in [0.05, 0.1) is 0 Å². The van der Waals surface area contributed by atoms with Gasteiger partial charge in [0.1, 0.15) is 0 Å². The molecule has 0 atom stereocenters. The summed E-state index contributed by atoms with van der Waals surface area (Å²) in [6.07, 6.45) is 6.85. The summed E-state index contributed by atoms with van der Waals surface area (Å²) in [4.78, 5) is 14.0. The van der Waals surface area contributed by atoms with Gasteiger partial charge in [-0.1, -0.05) is 33.6 Å². The highest BCUT2D eigenvalue weighted by molar-refractivity contribution is 5.76. The first-order chi connectivity index (χ1) is 7.63. The molecule has 0 aromatic heterocycles. The first-order valence-electron chi connectivity index (χ1n) is 6.91. The van der Waals surface area contributed by atoms with E-state index in [1.54, 1.807) is 0 Å². The van der Waals surface area contributed by atoms with Gasteiger partial charge in [-0.3, -0.25) is 4.79 Å². The van der Waals surface area contributed by atoms with Crippen molar-refractivity contribution in [3.05, 3.63) is 0 Å². The molecule has 1 heterocycles. The van der Waals surface area contributed by atoms with Crippen LogP contribution in [0.5, 0.6) is 0 Å². The Balaban J connectivity index is 2.22. The van der Waals surface area contributed by atoms with Crippen molar-refractivity contribution >= 4 is 5.91 Å². The average molecular weight is 225 g/mol. The van der Waals surface area contributed by atoms with Crippen LogP contribution in [0.2, 0.25) is 0 Å². The zero-order valence-corrected chi connectivity index (χ0v) is 11.2. The molecule has 1 fully saturated rings. The molecular weight excluding hydrogens is 198 g/mol. The molecule has 1 saturated heterocycles. The van der Waals surface area contributed by atoms with Gasteiger partial charge in [0.2, 0.25) is 5.91 Å². The molecule has 0 bridgehead atoms. The Bertz CT molecular complexity index is 205. The van der Waals surface area contributed by atoms with Crippen molar-refractivity contribution in [2.75, 3.05) is 13.1 Å². The van der Waals surface area contributed by atoms with Gasteiger partial charge in [-0.25, -0.2) is 0 Å². The summed E-state index contributed by atoms with van der Waals surface area (Å²) in [6.45, 7) is 8.62. The van der Waals surface area contributed by atoms with Crippen LogP contribution < -0.4 is 0 Å². The van der Waals surface area contributed by atoms with Crippen molar-refractivity contribution in [1.29, 1.82) is 0 Å². The van der Waals surface area contributed by atoms with Crippen LogP contribution in [0.25, 0.3) is 0 Å². The van der Waals surface area contributed by atoms with Gasteiger partial charge in [0, 0.05) is 19.5 Å². The highest BCUT2D eigenvalue weighted by atomic mass is 16.2. The number of likely N-dealkylation sites (tertiary alicyclic amines) is 1. The highest BCUT2D eigenvalue weighted by Gasteiger charge is 2.21. The Labute approximate surface area is 100 Å². The molecule has 16 heavy (non-hydrogen) atoms. The molecule has 2 nitrogen and oxygen atoms in total. The van der Waals surface area contributed by atoms with E-state index in [0.717, 1.165) is 31.8 Å². The molecule has 0 radical (unpaired) electrons. The van der Waals surface area contributed by atoms with Gasteiger partial charge in [-0.05, 0) is 31.1 Å². The Hall–Kier alpha value is -0.530. The number of hydrogen-bond donors (Lipinski definition) is 0. The fourth-order valence-electron chi connectivity index (χ4n) is 2.45. The summed E-state index contributed by atoms with van der Waals surface area (Å²) in [6, 6.07) is 0. The van der Waals surface area contributed by atoms with Crippen LogP contribution in [0.3, 0.4) is 0 Å². The van der Waals surface area contributed by atoms with Crippen molar-refractivity contribution < 1.29 is 4.79 Å². The predicted molar refractivity (Wildman–Crippen MR) is 68.3 cm³/mol. The first-order valence-corrected chi connectivity index (χ1v) is 6.91. The van der Waals surface area contributed by atoms with Crippen LogP contribution in [0, 0.1) is 11.8 Å². The second-order valence-electron chi connectivity index (χ2n) is 5.55. The van der Waals surface area contributed by atoms with E-state index >= 15 is 0 Å². The van der Waals surface area contributed by atoms with Crippen LogP contribution in [0.15, 0.2) is 0 Å². The number of nitrogens with zero attached hydrogens (tertiary/aromatic N) is 1. The van der Waals surface area contributed by atoms with E-state index in [0.29, 0.717) is 11.8 Å². The monoisotopic (exact) mass is 225 g/mol. The van der Waals surface area contributed by atoms with E-state index in [1.165, 1.54) is 25.7 Å². The Kier molecular flexibility index (Phi) is 5.86. The topological polar surface area (TPSA) is 20.3 Å². The molecular formula is C14H27NO. The molecule has 2 heteroatoms. The van der Waals surface area contributed by atoms with Gasteiger partial charge in [0.25, 0.3) is 0 Å². The maximum absolute atomic E-state index is 11.9. The van der Waals surface area contributed by atoms with E-state index < -0.39 is 0 Å². The van der Waals surface area contributed by atoms with Crippen LogP contribution in [0.1, 0.15) is 59.3 Å². The summed E-state index contributed by atoms with van der Waals surface area (Å²) >= 11 is 0. The van der Waals surface area contributed by atoms with E-state index in [1.807, 2.05) is 0 Å². The van der Waals surface area contributed by atoms with E-state index in [2.05, 4.69) is 25.7 Å². The normalized spacial score (nSPS) is 18.1. The van der Waals surface area contributed by atoms with E-state index in [9.17, 15) is 4.79 Å². The smallest absolute Gasteiger partial charge is 0.222 e. The van der Waals surface area contributed by atoms with Crippen LogP contribution in [-0.2, 0) is 4.79 Å². The molecule has 0 unspecified atom stereocenters. The summed E-state index contributed by atoms with van der Waals surface area (Å²) < 4.78 is 0. The summed E-state index contributed by atoms with van der Waals surface area (Å²) in [5.74, 6) is 1.89.